The van der Waals surface area contributed by atoms with Gasteiger partial charge in [-0.05, 0) is 25.5 Å². The Morgan fingerprint density at radius 3 is 2.54 bits per heavy atom. The average Bonchev–Trinajstić information content (AvgIpc) is 3.05. The summed E-state index contributed by atoms with van der Waals surface area (Å²) in [5, 5.41) is 4.08. The van der Waals surface area contributed by atoms with Crippen molar-refractivity contribution in [1.82, 2.24) is 19.9 Å². The van der Waals surface area contributed by atoms with Crippen LogP contribution in [-0.2, 0) is 11.3 Å². The van der Waals surface area contributed by atoms with E-state index in [0.717, 1.165) is 38.2 Å². The summed E-state index contributed by atoms with van der Waals surface area (Å²) in [6, 6.07) is 8.05. The van der Waals surface area contributed by atoms with Gasteiger partial charge in [0.05, 0.1) is 6.54 Å². The minimum atomic E-state index is 0.262. The lowest BCUT2D eigenvalue weighted by molar-refractivity contribution is -0.133. The van der Waals surface area contributed by atoms with E-state index in [1.165, 1.54) is 5.56 Å². The molecule has 0 unspecified atom stereocenters. The van der Waals surface area contributed by atoms with Crippen LogP contribution >= 0.6 is 0 Å². The molecule has 0 bridgehead atoms. The van der Waals surface area contributed by atoms with E-state index in [1.54, 1.807) is 0 Å². The molecule has 24 heavy (non-hydrogen) atoms. The van der Waals surface area contributed by atoms with Crippen molar-refractivity contribution in [2.45, 2.75) is 33.2 Å². The number of carbonyl (C=O) groups excluding carboxylic acids is 1. The maximum atomic E-state index is 11.9. The zero-order valence-corrected chi connectivity index (χ0v) is 14.4. The van der Waals surface area contributed by atoms with Crippen molar-refractivity contribution >= 4 is 5.91 Å². The number of aromatic nitrogens is 2. The Bertz CT molecular complexity index is 673. The maximum absolute atomic E-state index is 11.9. The minimum absolute atomic E-state index is 0.262. The fraction of sp³-hybridized carbons (Fsp3) is 0.500. The van der Waals surface area contributed by atoms with Crippen molar-refractivity contribution in [3.8, 4) is 11.5 Å². The SMILES string of the molecule is CCCC(=O)N1CCN(Cc2noc(-c3ccc(C)cc3)n2)CC1. The Morgan fingerprint density at radius 1 is 1.17 bits per heavy atom. The molecule has 2 heterocycles. The largest absolute Gasteiger partial charge is 0.340 e. The molecule has 1 amide bonds. The Kier molecular flexibility index (Phi) is 5.25. The van der Waals surface area contributed by atoms with Crippen LogP contribution in [0.5, 0.6) is 0 Å². The number of hydrogen-bond donors (Lipinski definition) is 0. The second kappa shape index (κ2) is 7.57. The van der Waals surface area contributed by atoms with Crippen LogP contribution in [0.4, 0.5) is 0 Å². The van der Waals surface area contributed by atoms with E-state index in [0.29, 0.717) is 24.7 Å². The fourth-order valence-corrected chi connectivity index (χ4v) is 2.86. The highest BCUT2D eigenvalue weighted by molar-refractivity contribution is 5.76. The number of amides is 1. The van der Waals surface area contributed by atoms with Crippen LogP contribution in [0.25, 0.3) is 11.5 Å². The molecule has 0 atom stereocenters. The summed E-state index contributed by atoms with van der Waals surface area (Å²) >= 11 is 0. The van der Waals surface area contributed by atoms with Gasteiger partial charge in [-0.15, -0.1) is 0 Å². The van der Waals surface area contributed by atoms with E-state index >= 15 is 0 Å². The second-order valence-corrected chi connectivity index (χ2v) is 6.29. The highest BCUT2D eigenvalue weighted by Crippen LogP contribution is 2.18. The van der Waals surface area contributed by atoms with Gasteiger partial charge in [0.1, 0.15) is 0 Å². The third-order valence-corrected chi connectivity index (χ3v) is 4.32. The number of nitrogens with zero attached hydrogens (tertiary/aromatic N) is 4. The van der Waals surface area contributed by atoms with Crippen molar-refractivity contribution in [2.75, 3.05) is 26.2 Å². The summed E-state index contributed by atoms with van der Waals surface area (Å²) in [5.41, 5.74) is 2.14. The molecule has 1 saturated heterocycles. The first-order chi connectivity index (χ1) is 11.7. The molecular weight excluding hydrogens is 304 g/mol. The molecule has 1 fully saturated rings. The van der Waals surface area contributed by atoms with Gasteiger partial charge in [-0.1, -0.05) is 29.8 Å². The predicted molar refractivity (Wildman–Crippen MR) is 91.2 cm³/mol. The van der Waals surface area contributed by atoms with Crippen LogP contribution in [0, 0.1) is 6.92 Å². The number of benzene rings is 1. The lowest BCUT2D eigenvalue weighted by Gasteiger charge is -2.34. The molecule has 0 N–H and O–H groups in total. The third kappa shape index (κ3) is 4.00. The van der Waals surface area contributed by atoms with Gasteiger partial charge in [0.15, 0.2) is 5.82 Å². The van der Waals surface area contributed by atoms with Gasteiger partial charge in [-0.25, -0.2) is 0 Å². The minimum Gasteiger partial charge on any atom is -0.340 e. The van der Waals surface area contributed by atoms with Gasteiger partial charge >= 0.3 is 0 Å². The molecule has 6 nitrogen and oxygen atoms in total. The molecule has 0 aliphatic carbocycles. The van der Waals surface area contributed by atoms with Crippen molar-refractivity contribution in [2.24, 2.45) is 0 Å². The van der Waals surface area contributed by atoms with Crippen molar-refractivity contribution in [3.63, 3.8) is 0 Å². The van der Waals surface area contributed by atoms with Gasteiger partial charge in [0.25, 0.3) is 5.89 Å². The summed E-state index contributed by atoms with van der Waals surface area (Å²) in [7, 11) is 0. The van der Waals surface area contributed by atoms with E-state index in [4.69, 9.17) is 4.52 Å². The van der Waals surface area contributed by atoms with Crippen LogP contribution < -0.4 is 0 Å². The summed E-state index contributed by atoms with van der Waals surface area (Å²) in [5.74, 6) is 1.51. The molecule has 1 aliphatic rings. The summed E-state index contributed by atoms with van der Waals surface area (Å²) in [6.45, 7) is 8.01. The first kappa shape index (κ1) is 16.6. The molecular formula is C18H24N4O2. The average molecular weight is 328 g/mol. The van der Waals surface area contributed by atoms with E-state index in [9.17, 15) is 4.79 Å². The molecule has 1 aromatic heterocycles. The Hall–Kier alpha value is -2.21. The predicted octanol–water partition coefficient (Wildman–Crippen LogP) is 2.49. The molecule has 0 radical (unpaired) electrons. The lowest BCUT2D eigenvalue weighted by Crippen LogP contribution is -2.48. The number of hydrogen-bond acceptors (Lipinski definition) is 5. The zero-order valence-electron chi connectivity index (χ0n) is 14.4. The van der Waals surface area contributed by atoms with Gasteiger partial charge in [0.2, 0.25) is 5.91 Å². The van der Waals surface area contributed by atoms with E-state index < -0.39 is 0 Å². The highest BCUT2D eigenvalue weighted by atomic mass is 16.5. The number of piperazine rings is 1. The highest BCUT2D eigenvalue weighted by Gasteiger charge is 2.21. The monoisotopic (exact) mass is 328 g/mol. The van der Waals surface area contributed by atoms with E-state index in [2.05, 4.69) is 15.0 Å². The van der Waals surface area contributed by atoms with Crippen LogP contribution in [0.1, 0.15) is 31.2 Å². The van der Waals surface area contributed by atoms with Gasteiger partial charge in [0, 0.05) is 38.2 Å². The van der Waals surface area contributed by atoms with Crippen molar-refractivity contribution < 1.29 is 9.32 Å². The molecule has 128 valence electrons. The molecule has 0 spiro atoms. The first-order valence-corrected chi connectivity index (χ1v) is 8.55. The topological polar surface area (TPSA) is 62.5 Å². The van der Waals surface area contributed by atoms with E-state index in [1.807, 2.05) is 43.0 Å². The van der Waals surface area contributed by atoms with Gasteiger partial charge in [-0.3, -0.25) is 9.69 Å². The molecule has 3 rings (SSSR count). The molecule has 2 aromatic rings. The number of carbonyl (C=O) groups is 1. The molecule has 0 saturated carbocycles. The first-order valence-electron chi connectivity index (χ1n) is 8.55. The Balaban J connectivity index is 1.54. The quantitative estimate of drug-likeness (QED) is 0.844. The zero-order chi connectivity index (χ0) is 16.9. The number of aryl methyl sites for hydroxylation is 1. The second-order valence-electron chi connectivity index (χ2n) is 6.29. The molecule has 1 aromatic carbocycles. The molecule has 6 heteroatoms. The molecule has 1 aliphatic heterocycles. The Labute approximate surface area is 142 Å². The Morgan fingerprint density at radius 2 is 1.88 bits per heavy atom. The standard InChI is InChI=1S/C18H24N4O2/c1-3-4-17(23)22-11-9-21(10-12-22)13-16-19-18(24-20-16)15-7-5-14(2)6-8-15/h5-8H,3-4,9-13H2,1-2H3. The normalized spacial score (nSPS) is 15.7. The number of rotatable bonds is 5. The van der Waals surface area contributed by atoms with Crippen LogP contribution in [0.3, 0.4) is 0 Å². The summed E-state index contributed by atoms with van der Waals surface area (Å²) in [6.07, 6.45) is 1.55. The van der Waals surface area contributed by atoms with Crippen LogP contribution in [-0.4, -0.2) is 52.0 Å². The van der Waals surface area contributed by atoms with Crippen molar-refractivity contribution in [1.29, 1.82) is 0 Å². The van der Waals surface area contributed by atoms with Crippen LogP contribution in [0.2, 0.25) is 0 Å². The van der Waals surface area contributed by atoms with Crippen LogP contribution in [0.15, 0.2) is 28.8 Å². The fourth-order valence-electron chi connectivity index (χ4n) is 2.86. The maximum Gasteiger partial charge on any atom is 0.257 e. The smallest absolute Gasteiger partial charge is 0.257 e. The summed E-state index contributed by atoms with van der Waals surface area (Å²) in [4.78, 5) is 20.6. The van der Waals surface area contributed by atoms with E-state index in [-0.39, 0.29) is 5.91 Å². The summed E-state index contributed by atoms with van der Waals surface area (Å²) < 4.78 is 5.37. The van der Waals surface area contributed by atoms with Crippen molar-refractivity contribution in [3.05, 3.63) is 35.7 Å². The third-order valence-electron chi connectivity index (χ3n) is 4.32. The lowest BCUT2D eigenvalue weighted by atomic mass is 10.1. The van der Waals surface area contributed by atoms with Gasteiger partial charge < -0.3 is 9.42 Å². The van der Waals surface area contributed by atoms with Gasteiger partial charge in [-0.2, -0.15) is 4.98 Å².